The number of hydrogen-bond acceptors (Lipinski definition) is 3. The van der Waals surface area contributed by atoms with Crippen molar-refractivity contribution in [2.75, 3.05) is 6.61 Å². The molecule has 0 aromatic heterocycles. The van der Waals surface area contributed by atoms with E-state index < -0.39 is 6.03 Å². The van der Waals surface area contributed by atoms with Gasteiger partial charge in [0.1, 0.15) is 11.4 Å². The van der Waals surface area contributed by atoms with Gasteiger partial charge in [0.25, 0.3) is 5.91 Å². The Kier molecular flexibility index (Phi) is 4.61. The fraction of sp³-hybridized carbons (Fsp3) is 0.158. The summed E-state index contributed by atoms with van der Waals surface area (Å²) in [5.41, 5.74) is 1.91. The Labute approximate surface area is 140 Å². The Morgan fingerprint density at radius 3 is 2.50 bits per heavy atom. The van der Waals surface area contributed by atoms with Gasteiger partial charge < -0.3 is 10.1 Å². The monoisotopic (exact) mass is 322 g/mol. The van der Waals surface area contributed by atoms with Gasteiger partial charge in [-0.1, -0.05) is 48.5 Å². The minimum atomic E-state index is -0.413. The molecule has 0 bridgehead atoms. The van der Waals surface area contributed by atoms with Crippen molar-refractivity contribution in [2.24, 2.45) is 0 Å². The number of para-hydroxylation sites is 1. The number of benzene rings is 2. The summed E-state index contributed by atoms with van der Waals surface area (Å²) in [6, 6.07) is 16.4. The van der Waals surface area contributed by atoms with Crippen molar-refractivity contribution in [1.82, 2.24) is 10.2 Å². The predicted octanol–water partition coefficient (Wildman–Crippen LogP) is 3.18. The molecular weight excluding hydrogens is 304 g/mol. The van der Waals surface area contributed by atoms with Crippen molar-refractivity contribution in [3.63, 3.8) is 0 Å². The molecule has 0 spiro atoms. The van der Waals surface area contributed by atoms with Crippen LogP contribution in [0, 0.1) is 0 Å². The first-order chi connectivity index (χ1) is 11.7. The molecule has 3 rings (SSSR count). The predicted molar refractivity (Wildman–Crippen MR) is 91.1 cm³/mol. The molecule has 5 nitrogen and oxygen atoms in total. The van der Waals surface area contributed by atoms with Gasteiger partial charge in [0.2, 0.25) is 0 Å². The SMILES string of the molecule is CCOc1ccccc1/C=C1/NC(=O)N(Cc2ccccc2)C1=O. The van der Waals surface area contributed by atoms with Crippen LogP contribution >= 0.6 is 0 Å². The lowest BCUT2D eigenvalue weighted by Gasteiger charge is -2.11. The third-order valence-corrected chi connectivity index (χ3v) is 3.66. The largest absolute Gasteiger partial charge is 0.493 e. The minimum absolute atomic E-state index is 0.246. The summed E-state index contributed by atoms with van der Waals surface area (Å²) in [5, 5.41) is 2.63. The van der Waals surface area contributed by atoms with Crippen molar-refractivity contribution in [3.8, 4) is 5.75 Å². The summed E-state index contributed by atoms with van der Waals surface area (Å²) >= 11 is 0. The van der Waals surface area contributed by atoms with E-state index in [1.807, 2.05) is 61.5 Å². The van der Waals surface area contributed by atoms with E-state index in [4.69, 9.17) is 4.74 Å². The number of carbonyl (C=O) groups excluding carboxylic acids is 2. The van der Waals surface area contributed by atoms with Crippen LogP contribution in [0.1, 0.15) is 18.1 Å². The van der Waals surface area contributed by atoms with Gasteiger partial charge in [-0.3, -0.25) is 9.69 Å². The van der Waals surface area contributed by atoms with Crippen LogP contribution in [-0.4, -0.2) is 23.4 Å². The molecule has 1 saturated heterocycles. The maximum atomic E-state index is 12.5. The summed E-state index contributed by atoms with van der Waals surface area (Å²) in [5.74, 6) is 0.339. The van der Waals surface area contributed by atoms with E-state index in [0.29, 0.717) is 12.4 Å². The van der Waals surface area contributed by atoms with Crippen LogP contribution < -0.4 is 10.1 Å². The number of imide groups is 1. The zero-order valence-electron chi connectivity index (χ0n) is 13.4. The van der Waals surface area contributed by atoms with Crippen molar-refractivity contribution in [3.05, 3.63) is 71.4 Å². The summed E-state index contributed by atoms with van der Waals surface area (Å²) in [6.45, 7) is 2.67. The molecule has 0 radical (unpaired) electrons. The molecule has 0 aliphatic carbocycles. The highest BCUT2D eigenvalue weighted by molar-refractivity contribution is 6.14. The lowest BCUT2D eigenvalue weighted by Crippen LogP contribution is -2.30. The standard InChI is InChI=1S/C19H18N2O3/c1-2-24-17-11-7-6-10-15(17)12-16-18(22)21(19(23)20-16)13-14-8-4-3-5-9-14/h3-12H,2,13H2,1H3,(H,20,23)/b16-12+. The van der Waals surface area contributed by atoms with Gasteiger partial charge in [-0.2, -0.15) is 0 Å². The topological polar surface area (TPSA) is 58.6 Å². The van der Waals surface area contributed by atoms with E-state index in [1.165, 1.54) is 4.90 Å². The van der Waals surface area contributed by atoms with Crippen molar-refractivity contribution >= 4 is 18.0 Å². The van der Waals surface area contributed by atoms with Crippen LogP contribution in [0.4, 0.5) is 4.79 Å². The van der Waals surface area contributed by atoms with Gasteiger partial charge in [-0.15, -0.1) is 0 Å². The first-order valence-electron chi connectivity index (χ1n) is 7.79. The Morgan fingerprint density at radius 2 is 1.75 bits per heavy atom. The Morgan fingerprint density at radius 1 is 1.04 bits per heavy atom. The molecule has 5 heteroatoms. The Balaban J connectivity index is 1.83. The quantitative estimate of drug-likeness (QED) is 0.679. The molecule has 0 unspecified atom stereocenters. The lowest BCUT2D eigenvalue weighted by atomic mass is 10.1. The summed E-state index contributed by atoms with van der Waals surface area (Å²) < 4.78 is 5.55. The first kappa shape index (κ1) is 15.8. The number of carbonyl (C=O) groups is 2. The van der Waals surface area contributed by atoms with Crippen molar-refractivity contribution < 1.29 is 14.3 Å². The van der Waals surface area contributed by atoms with E-state index in [-0.39, 0.29) is 18.1 Å². The average Bonchev–Trinajstić information content (AvgIpc) is 2.85. The number of ether oxygens (including phenoxy) is 1. The van der Waals surface area contributed by atoms with Gasteiger partial charge in [-0.05, 0) is 24.6 Å². The molecule has 0 saturated carbocycles. The van der Waals surface area contributed by atoms with Crippen molar-refractivity contribution in [2.45, 2.75) is 13.5 Å². The smallest absolute Gasteiger partial charge is 0.329 e. The van der Waals surface area contributed by atoms with Gasteiger partial charge in [0.05, 0.1) is 13.2 Å². The molecule has 24 heavy (non-hydrogen) atoms. The molecule has 3 amide bonds. The lowest BCUT2D eigenvalue weighted by molar-refractivity contribution is -0.123. The number of hydrogen-bond donors (Lipinski definition) is 1. The fourth-order valence-electron chi connectivity index (χ4n) is 2.52. The second-order valence-electron chi connectivity index (χ2n) is 5.34. The van der Waals surface area contributed by atoms with E-state index in [1.54, 1.807) is 6.08 Å². The van der Waals surface area contributed by atoms with E-state index >= 15 is 0 Å². The molecule has 2 aromatic rings. The van der Waals surface area contributed by atoms with E-state index in [9.17, 15) is 9.59 Å². The summed E-state index contributed by atoms with van der Waals surface area (Å²) in [4.78, 5) is 25.8. The van der Waals surface area contributed by atoms with Gasteiger partial charge >= 0.3 is 6.03 Å². The first-order valence-corrected chi connectivity index (χ1v) is 7.79. The highest BCUT2D eigenvalue weighted by Gasteiger charge is 2.33. The van der Waals surface area contributed by atoms with Crippen LogP contribution in [0.2, 0.25) is 0 Å². The maximum Gasteiger partial charge on any atom is 0.329 e. The highest BCUT2D eigenvalue weighted by atomic mass is 16.5. The second-order valence-corrected chi connectivity index (χ2v) is 5.34. The summed E-state index contributed by atoms with van der Waals surface area (Å²) in [7, 11) is 0. The normalized spacial score (nSPS) is 15.7. The van der Waals surface area contributed by atoms with Crippen LogP contribution in [-0.2, 0) is 11.3 Å². The molecule has 2 aromatic carbocycles. The number of nitrogens with one attached hydrogen (secondary N) is 1. The van der Waals surface area contributed by atoms with Gasteiger partial charge in [0, 0.05) is 5.56 Å². The number of urea groups is 1. The molecule has 0 atom stereocenters. The average molecular weight is 322 g/mol. The number of rotatable bonds is 5. The third-order valence-electron chi connectivity index (χ3n) is 3.66. The van der Waals surface area contributed by atoms with Gasteiger partial charge in [-0.25, -0.2) is 4.79 Å². The highest BCUT2D eigenvalue weighted by Crippen LogP contribution is 2.23. The van der Waals surface area contributed by atoms with Crippen LogP contribution in [0.25, 0.3) is 6.08 Å². The van der Waals surface area contributed by atoms with E-state index in [2.05, 4.69) is 5.32 Å². The molecule has 1 heterocycles. The molecule has 1 N–H and O–H groups in total. The number of amides is 3. The summed E-state index contributed by atoms with van der Waals surface area (Å²) in [6.07, 6.45) is 1.65. The molecule has 1 aliphatic heterocycles. The molecule has 1 aliphatic rings. The molecule has 122 valence electrons. The zero-order valence-corrected chi connectivity index (χ0v) is 13.4. The van der Waals surface area contributed by atoms with Gasteiger partial charge in [0.15, 0.2) is 0 Å². The minimum Gasteiger partial charge on any atom is -0.493 e. The number of nitrogens with zero attached hydrogens (tertiary/aromatic N) is 1. The Bertz CT molecular complexity index is 784. The zero-order chi connectivity index (χ0) is 16.9. The Hall–Kier alpha value is -3.08. The van der Waals surface area contributed by atoms with Crippen LogP contribution in [0.15, 0.2) is 60.3 Å². The van der Waals surface area contributed by atoms with E-state index in [0.717, 1.165) is 11.1 Å². The third kappa shape index (κ3) is 3.30. The van der Waals surface area contributed by atoms with Crippen LogP contribution in [0.5, 0.6) is 5.75 Å². The van der Waals surface area contributed by atoms with Crippen LogP contribution in [0.3, 0.4) is 0 Å². The van der Waals surface area contributed by atoms with Crippen molar-refractivity contribution in [1.29, 1.82) is 0 Å². The second kappa shape index (κ2) is 7.00. The molecule has 1 fully saturated rings. The fourth-order valence-corrected chi connectivity index (χ4v) is 2.52. The molecular formula is C19H18N2O3. The maximum absolute atomic E-state index is 12.5.